The summed E-state index contributed by atoms with van der Waals surface area (Å²) in [6, 6.07) is 74.2. The number of anilines is 5. The summed E-state index contributed by atoms with van der Waals surface area (Å²) in [5, 5.41) is 54.8. The summed E-state index contributed by atoms with van der Waals surface area (Å²) in [6.45, 7) is 23.8. The first-order valence-electron chi connectivity index (χ1n) is 43.4. The Bertz CT molecular complexity index is 7960. The Morgan fingerprint density at radius 3 is 0.993 bits per heavy atom. The standard InChI is InChI=1S/C22H24ClN3O2S.C21H22ClN3O2S.C20H19Cl2N3O2S.C20H19N3O3S.C19H17N3O3S/c1-4-29(27,28)25-18-8-5-16(6-9-18)22-20(14-24)19-13-17(23)7-10-21(19)26(22)12-11-15(2)3;1-14(2)10-11-25-20-9-6-16(22)12-18(20)19(13-23)21(25)15-4-7-17(8-5-15)24-28(3,26)27;1-2-25-19-8-7-15(22)12-17(19)18(13-23)20(25)14-5-3-6-16(11-14)24-28(26,27)10-4-9-21;1-4-23-19-12-16(26-3)10-11-17(19)18(13-21)20(23)14-6-8-15(9-7-14)22-27(24,25)5-2;1-4-22-18-11-15(25-2)9-10-16(18)17(12-20)19(22)13-5-7-14(8-6-13)21-26(3,23)24/h5-10,13,15,25H,4,11-12H2,1-3H3;4-9,12,14,24H,10-11H2,1-3H3;3,5-8,11-12,24H,2,4,9-10H2,1H3;4,6-12,22H,1,5H2,2-3H3;4-11,21H,1H2,2-3H3. The number of aryl methyl sites for hydroxylation is 3. The monoisotopic (exact) mass is 2030 g/mol. The number of benzene rings is 10. The lowest BCUT2D eigenvalue weighted by molar-refractivity contribution is 0.415. The van der Waals surface area contributed by atoms with E-state index in [1.807, 2.05) is 124 Å². The van der Waals surface area contributed by atoms with Gasteiger partial charge < -0.3 is 32.3 Å². The van der Waals surface area contributed by atoms with Crippen LogP contribution in [0.2, 0.25) is 15.1 Å². The predicted molar refractivity (Wildman–Crippen MR) is 562 cm³/mol. The maximum atomic E-state index is 12.2. The molecule has 0 aliphatic rings. The second kappa shape index (κ2) is 45.5. The third kappa shape index (κ3) is 25.2. The molecule has 0 bridgehead atoms. The third-order valence-electron chi connectivity index (χ3n) is 22.1. The molecule has 5 heterocycles. The van der Waals surface area contributed by atoms with E-state index in [4.69, 9.17) is 55.9 Å². The van der Waals surface area contributed by atoms with E-state index < -0.39 is 50.1 Å². The van der Waals surface area contributed by atoms with Gasteiger partial charge in [0.15, 0.2) is 0 Å². The van der Waals surface area contributed by atoms with Gasteiger partial charge in [0.25, 0.3) is 0 Å². The zero-order chi connectivity index (χ0) is 100. The molecule has 0 saturated heterocycles. The van der Waals surface area contributed by atoms with Crippen LogP contribution in [0.1, 0.15) is 95.5 Å². The van der Waals surface area contributed by atoms with Crippen molar-refractivity contribution >= 4 is 192 Å². The number of halogens is 4. The van der Waals surface area contributed by atoms with Gasteiger partial charge in [0.05, 0.1) is 111 Å². The molecule has 5 aromatic heterocycles. The molecule has 0 aliphatic heterocycles. The lowest BCUT2D eigenvalue weighted by atomic mass is 10.1. The van der Waals surface area contributed by atoms with Crippen LogP contribution < -0.4 is 33.1 Å². The van der Waals surface area contributed by atoms with E-state index in [-0.39, 0.29) is 23.1 Å². The van der Waals surface area contributed by atoms with Crippen LogP contribution in [0.4, 0.5) is 28.4 Å². The molecule has 10 aromatic carbocycles. The highest BCUT2D eigenvalue weighted by molar-refractivity contribution is 7.93. The van der Waals surface area contributed by atoms with E-state index >= 15 is 0 Å². The minimum absolute atomic E-state index is 0.000130. The van der Waals surface area contributed by atoms with Crippen molar-refractivity contribution in [3.05, 3.63) is 268 Å². The summed E-state index contributed by atoms with van der Waals surface area (Å²) < 4.78 is 150. The molecule has 36 heteroatoms. The first-order chi connectivity index (χ1) is 65.6. The molecule has 0 fully saturated rings. The summed E-state index contributed by atoms with van der Waals surface area (Å²) in [5.74, 6) is 2.65. The molecule has 15 rings (SSSR count). The molecule has 27 nitrogen and oxygen atoms in total. The highest BCUT2D eigenvalue weighted by Crippen LogP contribution is 2.43. The second-order valence-corrected chi connectivity index (χ2v) is 43.6. The molecular weight excluding hydrogens is 1930 g/mol. The van der Waals surface area contributed by atoms with Gasteiger partial charge in [0.1, 0.15) is 41.8 Å². The Kier molecular flexibility index (Phi) is 34.6. The number of ether oxygens (including phenoxy) is 2. The number of nitrogens with zero attached hydrogens (tertiary/aromatic N) is 10. The third-order valence-corrected chi connectivity index (χ3v) is 28.3. The molecule has 0 radical (unpaired) electrons. The summed E-state index contributed by atoms with van der Waals surface area (Å²) in [7, 11) is -13.7. The minimum atomic E-state index is -3.48. The fourth-order valence-electron chi connectivity index (χ4n) is 15.7. The van der Waals surface area contributed by atoms with Gasteiger partial charge in [0, 0.05) is 154 Å². The van der Waals surface area contributed by atoms with Crippen molar-refractivity contribution < 1.29 is 51.6 Å². The van der Waals surface area contributed by atoms with Crippen molar-refractivity contribution in [1.82, 2.24) is 22.8 Å². The van der Waals surface area contributed by atoms with Crippen molar-refractivity contribution in [3.8, 4) is 98.1 Å². The van der Waals surface area contributed by atoms with Gasteiger partial charge in [-0.3, -0.25) is 23.6 Å². The zero-order valence-corrected chi connectivity index (χ0v) is 84.5. The van der Waals surface area contributed by atoms with E-state index in [0.717, 1.165) is 138 Å². The van der Waals surface area contributed by atoms with Crippen molar-refractivity contribution in [1.29, 1.82) is 26.3 Å². The summed E-state index contributed by atoms with van der Waals surface area (Å²) >= 11 is 24.1. The average Bonchev–Trinajstić information content (AvgIpc) is 1.66. The Hall–Kier alpha value is -13.7. The number of methoxy groups -OCH3 is 2. The highest BCUT2D eigenvalue weighted by Gasteiger charge is 2.27. The fraction of sp³-hybridized carbons (Fsp3) is 0.225. The number of hydrogen-bond donors (Lipinski definition) is 5. The molecule has 15 aromatic rings. The zero-order valence-electron chi connectivity index (χ0n) is 77.4. The Morgan fingerprint density at radius 2 is 0.688 bits per heavy atom. The Morgan fingerprint density at radius 1 is 0.370 bits per heavy atom. The topological polar surface area (TPSA) is 393 Å². The number of fused-ring (bicyclic) bond motifs is 5. The quantitative estimate of drug-likeness (QED) is 0.0252. The maximum absolute atomic E-state index is 12.2. The molecular formula is C102H101Cl4N15O12S5. The smallest absolute Gasteiger partial charge is 0.232 e. The Balaban J connectivity index is 0.000000165. The van der Waals surface area contributed by atoms with Crippen LogP contribution >= 0.6 is 46.4 Å². The van der Waals surface area contributed by atoms with Gasteiger partial charge in [-0.15, -0.1) is 11.6 Å². The van der Waals surface area contributed by atoms with Gasteiger partial charge in [-0.05, 0) is 203 Å². The van der Waals surface area contributed by atoms with Gasteiger partial charge >= 0.3 is 0 Å². The van der Waals surface area contributed by atoms with E-state index in [9.17, 15) is 68.4 Å². The lowest BCUT2D eigenvalue weighted by Gasteiger charge is -2.14. The number of nitrogens with one attached hydrogen (secondary N) is 5. The maximum Gasteiger partial charge on any atom is 0.232 e. The van der Waals surface area contributed by atoms with Crippen LogP contribution in [0.15, 0.2) is 225 Å². The highest BCUT2D eigenvalue weighted by atomic mass is 35.5. The number of nitriles is 5. The number of sulfonamides is 5. The molecule has 0 amide bonds. The van der Waals surface area contributed by atoms with Gasteiger partial charge in [-0.25, -0.2) is 42.1 Å². The normalized spacial score (nSPS) is 11.4. The largest absolute Gasteiger partial charge is 0.497 e. The Labute approximate surface area is 825 Å². The minimum Gasteiger partial charge on any atom is -0.497 e. The number of rotatable bonds is 31. The van der Waals surface area contributed by atoms with Crippen LogP contribution in [-0.4, -0.2) is 115 Å². The molecule has 5 N–H and O–H groups in total. The van der Waals surface area contributed by atoms with Crippen LogP contribution in [0, 0.1) is 68.5 Å². The van der Waals surface area contributed by atoms with Gasteiger partial charge in [-0.1, -0.05) is 136 Å². The van der Waals surface area contributed by atoms with E-state index in [2.05, 4.69) is 104 Å². The fourth-order valence-corrected chi connectivity index (χ4v) is 20.0. The van der Waals surface area contributed by atoms with E-state index in [0.29, 0.717) is 119 Å². The van der Waals surface area contributed by atoms with E-state index in [1.165, 1.54) is 0 Å². The number of aromatic nitrogens is 5. The SMILES string of the molecule is C=Cn1c(-c2ccc(NS(=O)(=O)CC)cc2)c(C#N)c2ccc(OC)cc21.C=Cn1c(-c2ccc(NS(C)(=O)=O)cc2)c(C#N)c2ccc(OC)cc21.CC(C)CCn1c(-c2ccc(NS(C)(=O)=O)cc2)c(C#N)c2cc(Cl)ccc21.CCS(=O)(=O)Nc1ccc(-c2c(C#N)c3cc(Cl)ccc3n2CCC(C)C)cc1.CCn1c(-c2cccc(NS(=O)(=O)CCCCl)c2)c(C#N)c2cc(Cl)ccc21. The molecule has 0 spiro atoms. The van der Waals surface area contributed by atoms with Crippen molar-refractivity contribution in [3.63, 3.8) is 0 Å². The summed E-state index contributed by atoms with van der Waals surface area (Å²) in [5.41, 5.74) is 17.3. The molecule has 138 heavy (non-hydrogen) atoms. The number of hydrogen-bond acceptors (Lipinski definition) is 17. The summed E-state index contributed by atoms with van der Waals surface area (Å²) in [4.78, 5) is 0. The lowest BCUT2D eigenvalue weighted by Crippen LogP contribution is -2.17. The van der Waals surface area contributed by atoms with Crippen molar-refractivity contribution in [2.45, 2.75) is 87.4 Å². The summed E-state index contributed by atoms with van der Waals surface area (Å²) in [6.07, 6.45) is 7.81. The van der Waals surface area contributed by atoms with Crippen molar-refractivity contribution in [2.24, 2.45) is 11.8 Å². The second-order valence-electron chi connectivity index (χ2n) is 32.6. The molecule has 0 unspecified atom stereocenters. The van der Waals surface area contributed by atoms with Crippen LogP contribution in [0.3, 0.4) is 0 Å². The van der Waals surface area contributed by atoms with Crippen LogP contribution in [0.25, 0.3) is 123 Å². The van der Waals surface area contributed by atoms with Crippen molar-refractivity contribution in [2.75, 3.05) is 73.5 Å². The first-order valence-corrected chi connectivity index (χ1v) is 53.8. The average molecular weight is 2030 g/mol. The molecule has 0 aliphatic carbocycles. The van der Waals surface area contributed by atoms with Crippen LogP contribution in [0.5, 0.6) is 11.5 Å². The molecule has 714 valence electrons. The molecule has 0 atom stereocenters. The predicted octanol–water partition coefficient (Wildman–Crippen LogP) is 23.8. The van der Waals surface area contributed by atoms with Gasteiger partial charge in [0.2, 0.25) is 50.1 Å². The van der Waals surface area contributed by atoms with Gasteiger partial charge in [-0.2, -0.15) is 26.3 Å². The van der Waals surface area contributed by atoms with Crippen LogP contribution in [-0.2, 0) is 69.8 Å². The molecule has 0 saturated carbocycles. The first kappa shape index (κ1) is 105. The van der Waals surface area contributed by atoms with E-state index in [1.54, 1.807) is 150 Å². The number of alkyl halides is 1.